The number of hydrogen-bond acceptors (Lipinski definition) is 8. The molecule has 0 atom stereocenters. The molecule has 0 saturated heterocycles. The number of hydrogen-bond donors (Lipinski definition) is 1. The van der Waals surface area contributed by atoms with Crippen molar-refractivity contribution in [3.63, 3.8) is 0 Å². The van der Waals surface area contributed by atoms with Gasteiger partial charge in [-0.3, -0.25) is 4.98 Å². The Morgan fingerprint density at radius 3 is 2.45 bits per heavy atom. The minimum absolute atomic E-state index is 0.00469. The number of pyridine rings is 1. The van der Waals surface area contributed by atoms with E-state index < -0.39 is 34.2 Å². The maximum atomic E-state index is 12.8. The number of nitrogens with zero attached hydrogens (tertiary/aromatic N) is 2. The number of fused-ring (bicyclic) bond motifs is 1. The van der Waals surface area contributed by atoms with Crippen LogP contribution >= 0.6 is 23.2 Å². The van der Waals surface area contributed by atoms with E-state index in [-0.39, 0.29) is 43.6 Å². The van der Waals surface area contributed by atoms with Crippen molar-refractivity contribution >= 4 is 55.6 Å². The van der Waals surface area contributed by atoms with Gasteiger partial charge >= 0.3 is 15.6 Å². The van der Waals surface area contributed by atoms with E-state index in [4.69, 9.17) is 36.8 Å². The smallest absolute Gasteiger partial charge is 0.495 e. The van der Waals surface area contributed by atoms with Crippen LogP contribution in [0.5, 0.6) is 17.2 Å². The largest absolute Gasteiger partial charge is 0.534 e. The summed E-state index contributed by atoms with van der Waals surface area (Å²) < 4.78 is 97.1. The predicted molar refractivity (Wildman–Crippen MR) is 115 cm³/mol. The van der Waals surface area contributed by atoms with Crippen LogP contribution in [0, 0.1) is 11.3 Å². The van der Waals surface area contributed by atoms with Gasteiger partial charge in [-0.05, 0) is 12.1 Å². The molecule has 1 heterocycles. The molecule has 33 heavy (non-hydrogen) atoms. The normalized spacial score (nSPS) is 13.4. The van der Waals surface area contributed by atoms with Crippen molar-refractivity contribution in [2.45, 2.75) is 5.51 Å². The Morgan fingerprint density at radius 1 is 1.12 bits per heavy atom. The van der Waals surface area contributed by atoms with Crippen LogP contribution in [-0.2, 0) is 10.1 Å². The zero-order valence-electron chi connectivity index (χ0n) is 19.1. The highest BCUT2D eigenvalue weighted by Gasteiger charge is 2.49. The zero-order chi connectivity index (χ0) is 27.1. The lowest BCUT2D eigenvalue weighted by Gasteiger charge is -2.17. The average Bonchev–Trinajstić information content (AvgIpc) is 2.74. The lowest BCUT2D eigenvalue weighted by molar-refractivity contribution is -0.0500. The summed E-state index contributed by atoms with van der Waals surface area (Å²) in [5.74, 6) is -1.49. The van der Waals surface area contributed by atoms with Crippen molar-refractivity contribution in [1.29, 1.82) is 5.26 Å². The molecule has 0 saturated carbocycles. The maximum Gasteiger partial charge on any atom is 0.534 e. The molecule has 0 aliphatic carbocycles. The first-order valence-electron chi connectivity index (χ1n) is 9.93. The van der Waals surface area contributed by atoms with Crippen molar-refractivity contribution in [1.82, 2.24) is 4.98 Å². The number of alkyl halides is 3. The number of nitrogens with one attached hydrogen (secondary N) is 1. The van der Waals surface area contributed by atoms with Crippen LogP contribution in [0.2, 0.25) is 10.0 Å². The number of anilines is 2. The number of ether oxygens (including phenoxy) is 2. The van der Waals surface area contributed by atoms with Crippen LogP contribution in [0.4, 0.5) is 24.5 Å². The minimum atomic E-state index is -6.02. The summed E-state index contributed by atoms with van der Waals surface area (Å²) in [6, 6.07) is 6.19. The fourth-order valence-corrected chi connectivity index (χ4v) is 3.58. The van der Waals surface area contributed by atoms with Gasteiger partial charge in [-0.25, -0.2) is 0 Å². The van der Waals surface area contributed by atoms with Crippen LogP contribution in [-0.4, -0.2) is 33.1 Å². The van der Waals surface area contributed by atoms with Crippen LogP contribution < -0.4 is 19.0 Å². The van der Waals surface area contributed by atoms with Crippen LogP contribution in [0.3, 0.4) is 0 Å². The number of benzene rings is 2. The van der Waals surface area contributed by atoms with Gasteiger partial charge in [0, 0.05) is 23.7 Å². The molecule has 0 spiro atoms. The van der Waals surface area contributed by atoms with Gasteiger partial charge in [-0.2, -0.15) is 26.9 Å². The van der Waals surface area contributed by atoms with E-state index in [9.17, 15) is 26.9 Å². The minimum Gasteiger partial charge on any atom is -0.495 e. The molecule has 14 heteroatoms. The van der Waals surface area contributed by atoms with Gasteiger partial charge in [0.25, 0.3) is 0 Å². The molecule has 8 nitrogen and oxygen atoms in total. The summed E-state index contributed by atoms with van der Waals surface area (Å²) in [7, 11) is -7.80. The molecule has 0 radical (unpaired) electrons. The third-order valence-corrected chi connectivity index (χ3v) is 5.72. The molecule has 0 aliphatic heterocycles. The second-order valence-electron chi connectivity index (χ2n) is 6.15. The van der Waals surface area contributed by atoms with E-state index in [1.807, 2.05) is 6.07 Å². The third kappa shape index (κ3) is 4.80. The monoisotopic (exact) mass is 524 g/mol. The molecule has 3 rings (SSSR count). The van der Waals surface area contributed by atoms with Crippen molar-refractivity contribution < 1.29 is 39.4 Å². The maximum absolute atomic E-state index is 12.8. The lowest BCUT2D eigenvalue weighted by atomic mass is 10.1. The Labute approximate surface area is 199 Å². The second-order valence-corrected chi connectivity index (χ2v) is 8.50. The number of rotatable bonds is 6. The van der Waals surface area contributed by atoms with E-state index in [1.165, 1.54) is 6.07 Å². The van der Waals surface area contributed by atoms with Crippen molar-refractivity contribution in [2.75, 3.05) is 19.5 Å². The molecule has 1 N–H and O–H groups in total. The van der Waals surface area contributed by atoms with E-state index >= 15 is 0 Å². The number of nitriles is 1. The van der Waals surface area contributed by atoms with Gasteiger partial charge in [-0.15, -0.1) is 0 Å². The van der Waals surface area contributed by atoms with E-state index in [2.05, 4.69) is 14.5 Å². The molecular formula is C19H12Cl2F3N3O5S. The fraction of sp³-hybridized carbons (Fsp3) is 0.158. The highest BCUT2D eigenvalue weighted by molar-refractivity contribution is 7.88. The Balaban J connectivity index is 2.18. The number of aromatic nitrogens is 1. The summed E-state index contributed by atoms with van der Waals surface area (Å²) in [5, 5.41) is 12.3. The van der Waals surface area contributed by atoms with Gasteiger partial charge in [0.05, 0.1) is 50.8 Å². The molecule has 2 aromatic carbocycles. The molecule has 0 unspecified atom stereocenters. The first-order valence-corrected chi connectivity index (χ1v) is 10.6. The molecule has 0 amide bonds. The second kappa shape index (κ2) is 9.01. The SMILES string of the molecule is [2H]C([2H])([2H])Oc1cc(Nc2c(C#N)cnc3cc(OS(=O)(=O)C(F)(F)F)c(OC)cc23)c(Cl)cc1Cl. The van der Waals surface area contributed by atoms with Gasteiger partial charge in [0.1, 0.15) is 11.8 Å². The quantitative estimate of drug-likeness (QED) is 0.337. The van der Waals surface area contributed by atoms with Crippen LogP contribution in [0.25, 0.3) is 10.9 Å². The molecular weight excluding hydrogens is 510 g/mol. The third-order valence-electron chi connectivity index (χ3n) is 4.15. The zero-order valence-corrected chi connectivity index (χ0v) is 18.4. The van der Waals surface area contributed by atoms with E-state index in [1.54, 1.807) is 0 Å². The summed E-state index contributed by atoms with van der Waals surface area (Å²) in [6.07, 6.45) is 1.06. The average molecular weight is 525 g/mol. The Bertz CT molecular complexity index is 1500. The summed E-state index contributed by atoms with van der Waals surface area (Å²) in [4.78, 5) is 3.96. The predicted octanol–water partition coefficient (Wildman–Crippen LogP) is 5.40. The molecule has 3 aromatic rings. The standard InChI is InChI=1S/C19H12Cl2F3N3O5S/c1-30-15-6-14(11(20)4-12(15)21)27-18-9(7-25)8-26-13-5-17(16(31-2)3-10(13)18)32-33(28,29)19(22,23)24/h3-6,8H,1-2H3,(H,26,27)/i1D3. The van der Waals surface area contributed by atoms with E-state index in [0.29, 0.717) is 0 Å². The summed E-state index contributed by atoms with van der Waals surface area (Å²) in [5.41, 5.74) is -5.78. The molecule has 174 valence electrons. The van der Waals surface area contributed by atoms with Crippen LogP contribution in [0.15, 0.2) is 30.5 Å². The highest BCUT2D eigenvalue weighted by Crippen LogP contribution is 2.41. The Kier molecular flexibility index (Phi) is 5.59. The fourth-order valence-electron chi connectivity index (χ4n) is 2.65. The van der Waals surface area contributed by atoms with Gasteiger partial charge in [-0.1, -0.05) is 23.2 Å². The number of methoxy groups -OCH3 is 2. The van der Waals surface area contributed by atoms with Gasteiger partial charge in [0.15, 0.2) is 11.5 Å². The van der Waals surface area contributed by atoms with Gasteiger partial charge < -0.3 is 19.0 Å². The van der Waals surface area contributed by atoms with Crippen molar-refractivity contribution in [3.8, 4) is 23.3 Å². The highest BCUT2D eigenvalue weighted by atomic mass is 35.5. The molecule has 1 aromatic heterocycles. The number of halogens is 5. The topological polar surface area (TPSA) is 111 Å². The first kappa shape index (κ1) is 20.5. The van der Waals surface area contributed by atoms with Crippen molar-refractivity contribution in [2.24, 2.45) is 0 Å². The molecule has 0 fully saturated rings. The van der Waals surface area contributed by atoms with Crippen LogP contribution in [0.1, 0.15) is 9.68 Å². The summed E-state index contributed by atoms with van der Waals surface area (Å²) >= 11 is 12.2. The molecule has 0 aliphatic rings. The Hall–Kier alpha value is -3.14. The van der Waals surface area contributed by atoms with E-state index in [0.717, 1.165) is 31.5 Å². The Morgan fingerprint density at radius 2 is 1.85 bits per heavy atom. The lowest BCUT2D eigenvalue weighted by Crippen LogP contribution is -2.28. The molecule has 0 bridgehead atoms. The summed E-state index contributed by atoms with van der Waals surface area (Å²) in [6.45, 7) is 0. The first-order chi connectivity index (χ1) is 16.6. The van der Waals surface area contributed by atoms with Gasteiger partial charge in [0.2, 0.25) is 0 Å². The van der Waals surface area contributed by atoms with Crippen molar-refractivity contribution in [3.05, 3.63) is 46.1 Å².